The average molecular weight is 301 g/mol. The van der Waals surface area contributed by atoms with E-state index in [-0.39, 0.29) is 23.7 Å². The van der Waals surface area contributed by atoms with Gasteiger partial charge in [0, 0.05) is 24.9 Å². The monoisotopic (exact) mass is 301 g/mol. The van der Waals surface area contributed by atoms with Crippen LogP contribution in [0.15, 0.2) is 27.3 Å². The summed E-state index contributed by atoms with van der Waals surface area (Å²) >= 11 is 0. The molecule has 1 saturated heterocycles. The summed E-state index contributed by atoms with van der Waals surface area (Å²) in [4.78, 5) is 18.9. The van der Waals surface area contributed by atoms with Crippen LogP contribution in [-0.2, 0) is 4.79 Å². The fourth-order valence-corrected chi connectivity index (χ4v) is 3.38. The molecule has 0 spiro atoms. The topological polar surface area (TPSA) is 72.4 Å². The van der Waals surface area contributed by atoms with E-state index in [1.54, 1.807) is 6.26 Å². The number of hydrogen-bond donors (Lipinski definition) is 0. The van der Waals surface area contributed by atoms with Gasteiger partial charge in [-0.2, -0.15) is 4.98 Å². The Hall–Kier alpha value is -2.11. The van der Waals surface area contributed by atoms with Crippen LogP contribution in [0.1, 0.15) is 48.6 Å². The number of piperidine rings is 1. The average Bonchev–Trinajstić information content (AvgIpc) is 2.95. The van der Waals surface area contributed by atoms with Gasteiger partial charge >= 0.3 is 0 Å². The van der Waals surface area contributed by atoms with Gasteiger partial charge in [0.2, 0.25) is 11.8 Å². The van der Waals surface area contributed by atoms with Crippen LogP contribution in [0.2, 0.25) is 0 Å². The fourth-order valence-electron chi connectivity index (χ4n) is 3.38. The lowest BCUT2D eigenvalue weighted by Crippen LogP contribution is -2.40. The van der Waals surface area contributed by atoms with E-state index in [0.717, 1.165) is 31.6 Å². The Morgan fingerprint density at radius 2 is 2.36 bits per heavy atom. The molecule has 2 aromatic heterocycles. The minimum Gasteiger partial charge on any atom is -0.469 e. The van der Waals surface area contributed by atoms with Crippen molar-refractivity contribution >= 4 is 5.91 Å². The first-order chi connectivity index (χ1) is 10.7. The van der Waals surface area contributed by atoms with Crippen molar-refractivity contribution in [2.24, 2.45) is 5.92 Å². The van der Waals surface area contributed by atoms with Gasteiger partial charge in [0.15, 0.2) is 5.82 Å². The minimum atomic E-state index is 0.0781. The van der Waals surface area contributed by atoms with Gasteiger partial charge in [0.1, 0.15) is 5.76 Å². The number of aromatic nitrogens is 2. The number of aryl methyl sites for hydroxylation is 1. The number of nitrogens with zero attached hydrogens (tertiary/aromatic N) is 3. The van der Waals surface area contributed by atoms with Crippen LogP contribution in [0.3, 0.4) is 0 Å². The molecule has 0 aromatic carbocycles. The summed E-state index contributed by atoms with van der Waals surface area (Å²) in [5.74, 6) is 2.98. The first-order valence-electron chi connectivity index (χ1n) is 7.85. The number of hydrogen-bond acceptors (Lipinski definition) is 5. The van der Waals surface area contributed by atoms with Crippen molar-refractivity contribution in [3.63, 3.8) is 0 Å². The summed E-state index contributed by atoms with van der Waals surface area (Å²) in [6.07, 6.45) is 4.55. The molecule has 3 atom stereocenters. The smallest absolute Gasteiger partial charge is 0.231 e. The van der Waals surface area contributed by atoms with E-state index < -0.39 is 0 Å². The zero-order valence-electron chi connectivity index (χ0n) is 12.6. The number of carbonyl (C=O) groups is 1. The second-order valence-electron chi connectivity index (χ2n) is 6.27. The van der Waals surface area contributed by atoms with Crippen molar-refractivity contribution in [1.29, 1.82) is 0 Å². The molecule has 116 valence electrons. The van der Waals surface area contributed by atoms with Gasteiger partial charge in [0.25, 0.3) is 0 Å². The molecule has 1 aliphatic heterocycles. The van der Waals surface area contributed by atoms with Crippen LogP contribution in [0, 0.1) is 12.8 Å². The first-order valence-corrected chi connectivity index (χ1v) is 7.85. The maximum absolute atomic E-state index is 12.7. The highest BCUT2D eigenvalue weighted by atomic mass is 16.5. The molecule has 6 nitrogen and oxygen atoms in total. The molecule has 2 aliphatic rings. The molecule has 3 heterocycles. The first kappa shape index (κ1) is 13.5. The maximum Gasteiger partial charge on any atom is 0.231 e. The molecule has 0 N–H and O–H groups in total. The third kappa shape index (κ3) is 2.42. The lowest BCUT2D eigenvalue weighted by atomic mass is 9.97. The van der Waals surface area contributed by atoms with E-state index in [1.165, 1.54) is 0 Å². The highest BCUT2D eigenvalue weighted by Crippen LogP contribution is 2.49. The summed E-state index contributed by atoms with van der Waals surface area (Å²) in [5.41, 5.74) is 0. The largest absolute Gasteiger partial charge is 0.469 e. The van der Waals surface area contributed by atoms with Crippen LogP contribution in [0.5, 0.6) is 0 Å². The zero-order valence-corrected chi connectivity index (χ0v) is 12.6. The number of carbonyl (C=O) groups excluding carboxylic acids is 1. The Labute approximate surface area is 128 Å². The molecule has 1 amide bonds. The van der Waals surface area contributed by atoms with Crippen molar-refractivity contribution < 1.29 is 13.7 Å². The Morgan fingerprint density at radius 1 is 1.45 bits per heavy atom. The molecule has 0 radical (unpaired) electrons. The van der Waals surface area contributed by atoms with Crippen molar-refractivity contribution in [3.05, 3.63) is 35.9 Å². The minimum absolute atomic E-state index is 0.0781. The summed E-state index contributed by atoms with van der Waals surface area (Å²) in [7, 11) is 0. The highest BCUT2D eigenvalue weighted by molar-refractivity contribution is 5.83. The molecule has 22 heavy (non-hydrogen) atoms. The van der Waals surface area contributed by atoms with Gasteiger partial charge < -0.3 is 13.8 Å². The Balaban J connectivity index is 1.41. The summed E-state index contributed by atoms with van der Waals surface area (Å²) in [5, 5.41) is 3.85. The molecule has 2 aromatic rings. The molecule has 0 unspecified atom stereocenters. The number of amides is 1. The number of rotatable bonds is 3. The van der Waals surface area contributed by atoms with Gasteiger partial charge in [-0.3, -0.25) is 4.79 Å². The second kappa shape index (κ2) is 5.26. The lowest BCUT2D eigenvalue weighted by Gasteiger charge is -2.31. The van der Waals surface area contributed by atoms with Crippen LogP contribution in [0.25, 0.3) is 0 Å². The lowest BCUT2D eigenvalue weighted by molar-refractivity contribution is -0.134. The number of furan rings is 1. The zero-order chi connectivity index (χ0) is 15.1. The van der Waals surface area contributed by atoms with Crippen molar-refractivity contribution in [2.75, 3.05) is 13.1 Å². The van der Waals surface area contributed by atoms with Gasteiger partial charge in [-0.05, 0) is 38.3 Å². The molecule has 1 saturated carbocycles. The third-order valence-corrected chi connectivity index (χ3v) is 4.64. The summed E-state index contributed by atoms with van der Waals surface area (Å²) in [6, 6.07) is 3.84. The van der Waals surface area contributed by atoms with Crippen molar-refractivity contribution in [1.82, 2.24) is 15.0 Å². The molecule has 1 aliphatic carbocycles. The van der Waals surface area contributed by atoms with E-state index in [2.05, 4.69) is 10.1 Å². The Kier molecular flexibility index (Phi) is 3.24. The van der Waals surface area contributed by atoms with E-state index in [9.17, 15) is 4.79 Å². The van der Waals surface area contributed by atoms with E-state index >= 15 is 0 Å². The van der Waals surface area contributed by atoms with Crippen molar-refractivity contribution in [2.45, 2.75) is 38.0 Å². The van der Waals surface area contributed by atoms with Gasteiger partial charge in [-0.15, -0.1) is 0 Å². The maximum atomic E-state index is 12.7. The molecular weight excluding hydrogens is 282 g/mol. The predicted molar refractivity (Wildman–Crippen MR) is 77.1 cm³/mol. The fraction of sp³-hybridized carbons (Fsp3) is 0.562. The van der Waals surface area contributed by atoms with Gasteiger partial charge in [0.05, 0.1) is 12.2 Å². The summed E-state index contributed by atoms with van der Waals surface area (Å²) in [6.45, 7) is 3.32. The second-order valence-corrected chi connectivity index (χ2v) is 6.27. The van der Waals surface area contributed by atoms with Gasteiger partial charge in [-0.1, -0.05) is 5.16 Å². The quantitative estimate of drug-likeness (QED) is 0.871. The molecule has 2 fully saturated rings. The Bertz CT molecular complexity index is 664. The highest BCUT2D eigenvalue weighted by Gasteiger charge is 2.48. The van der Waals surface area contributed by atoms with E-state index in [4.69, 9.17) is 8.94 Å². The van der Waals surface area contributed by atoms with Crippen LogP contribution in [0.4, 0.5) is 0 Å². The molecule has 4 rings (SSSR count). The molecular formula is C16H19N3O3. The predicted octanol–water partition coefficient (Wildman–Crippen LogP) is 2.48. The van der Waals surface area contributed by atoms with Crippen LogP contribution >= 0.6 is 0 Å². The third-order valence-electron chi connectivity index (χ3n) is 4.64. The van der Waals surface area contributed by atoms with E-state index in [0.29, 0.717) is 18.3 Å². The SMILES string of the molecule is Cc1noc([C@@H]2CCCN(C(=O)[C@@H]3C[C@@H]3c3ccco3)C2)n1. The van der Waals surface area contributed by atoms with E-state index in [1.807, 2.05) is 24.0 Å². The van der Waals surface area contributed by atoms with Crippen molar-refractivity contribution in [3.8, 4) is 0 Å². The molecule has 0 bridgehead atoms. The summed E-state index contributed by atoms with van der Waals surface area (Å²) < 4.78 is 10.7. The normalized spacial score (nSPS) is 27.9. The Morgan fingerprint density at radius 3 is 3.09 bits per heavy atom. The number of likely N-dealkylation sites (tertiary alicyclic amines) is 1. The van der Waals surface area contributed by atoms with Gasteiger partial charge in [-0.25, -0.2) is 0 Å². The van der Waals surface area contributed by atoms with Crippen LogP contribution < -0.4 is 0 Å². The van der Waals surface area contributed by atoms with Crippen LogP contribution in [-0.4, -0.2) is 34.0 Å². The standard InChI is InChI=1S/C16H19N3O3/c1-10-17-15(22-18-10)11-4-2-6-19(9-11)16(20)13-8-12(13)14-5-3-7-21-14/h3,5,7,11-13H,2,4,6,8-9H2,1H3/t11-,12+,13-/m1/s1. The molecule has 6 heteroatoms.